The number of anilines is 1. The van der Waals surface area contributed by atoms with Crippen molar-refractivity contribution in [3.05, 3.63) is 65.2 Å². The Kier molecular flexibility index (Phi) is 6.77. The van der Waals surface area contributed by atoms with Crippen molar-refractivity contribution in [1.82, 2.24) is 0 Å². The molecule has 2 aromatic carbocycles. The molecule has 3 heteroatoms. The molecule has 1 unspecified atom stereocenters. The highest BCUT2D eigenvalue weighted by Gasteiger charge is 2.23. The predicted molar refractivity (Wildman–Crippen MR) is 105 cm³/mol. The second-order valence-electron chi connectivity index (χ2n) is 7.06. The number of aryl methyl sites for hydroxylation is 1. The third-order valence-corrected chi connectivity index (χ3v) is 5.22. The Labute approximate surface area is 152 Å². The lowest BCUT2D eigenvalue weighted by molar-refractivity contribution is -0.907. The number of nitrogens with one attached hydrogen (secondary N) is 2. The Hall–Kier alpha value is -2.13. The van der Waals surface area contributed by atoms with Gasteiger partial charge in [0, 0.05) is 11.3 Å². The topological polar surface area (TPSA) is 33.5 Å². The monoisotopic (exact) mass is 339 g/mol. The van der Waals surface area contributed by atoms with Gasteiger partial charge in [-0.25, -0.2) is 0 Å². The maximum Gasteiger partial charge on any atom is 0.282 e. The van der Waals surface area contributed by atoms with E-state index in [1.807, 2.05) is 25.1 Å². The fourth-order valence-corrected chi connectivity index (χ4v) is 2.99. The van der Waals surface area contributed by atoms with Gasteiger partial charge in [0.15, 0.2) is 6.04 Å². The number of likely N-dealkylation sites (N-methyl/N-ethyl adjacent to an activating group) is 1. The summed E-state index contributed by atoms with van der Waals surface area (Å²) in [6.45, 7) is 9.33. The zero-order valence-corrected chi connectivity index (χ0v) is 16.1. The van der Waals surface area contributed by atoms with Crippen LogP contribution in [0.4, 0.5) is 5.69 Å². The summed E-state index contributed by atoms with van der Waals surface area (Å²) in [6.07, 6.45) is 1.06. The first kappa shape index (κ1) is 19.2. The molecule has 0 saturated carbocycles. The minimum atomic E-state index is -0.121. The van der Waals surface area contributed by atoms with Gasteiger partial charge in [-0.05, 0) is 43.4 Å². The molecule has 2 aromatic rings. The Morgan fingerprint density at radius 3 is 2.40 bits per heavy atom. The summed E-state index contributed by atoms with van der Waals surface area (Å²) in [6, 6.07) is 16.4. The van der Waals surface area contributed by atoms with E-state index in [0.717, 1.165) is 18.7 Å². The Bertz CT molecular complexity index is 711. The summed E-state index contributed by atoms with van der Waals surface area (Å²) in [4.78, 5) is 13.9. The van der Waals surface area contributed by atoms with Crippen LogP contribution in [0, 0.1) is 6.92 Å². The van der Waals surface area contributed by atoms with Crippen LogP contribution in [0.25, 0.3) is 0 Å². The van der Waals surface area contributed by atoms with Crippen LogP contribution >= 0.6 is 0 Å². The molecule has 0 spiro atoms. The van der Waals surface area contributed by atoms with E-state index < -0.39 is 0 Å². The molecule has 0 aromatic heterocycles. The van der Waals surface area contributed by atoms with Crippen molar-refractivity contribution in [2.24, 2.45) is 0 Å². The number of para-hydroxylation sites is 1. The van der Waals surface area contributed by atoms with Crippen LogP contribution in [0.1, 0.15) is 49.8 Å². The normalized spacial score (nSPS) is 14.6. The number of benzene rings is 2. The smallest absolute Gasteiger partial charge is 0.282 e. The molecule has 134 valence electrons. The molecule has 0 fully saturated rings. The van der Waals surface area contributed by atoms with Gasteiger partial charge in [-0.15, -0.1) is 0 Å². The number of carbonyl (C=O) groups is 1. The fourth-order valence-electron chi connectivity index (χ4n) is 2.99. The highest BCUT2D eigenvalue weighted by Crippen LogP contribution is 2.26. The van der Waals surface area contributed by atoms with Gasteiger partial charge in [-0.2, -0.15) is 0 Å². The minimum absolute atomic E-state index is 0.0711. The SMILES string of the molecule is CC[C@@H](C)c1ccccc1NC(=O)[C@@H](C)[NH+](C)Cc1ccccc1C. The molecule has 2 N–H and O–H groups in total. The Balaban J connectivity index is 2.07. The number of carbonyl (C=O) groups excluding carboxylic acids is 1. The summed E-state index contributed by atoms with van der Waals surface area (Å²) in [5.74, 6) is 0.505. The summed E-state index contributed by atoms with van der Waals surface area (Å²) in [5.41, 5.74) is 4.72. The standard InChI is InChI=1S/C22H30N2O/c1-6-16(2)20-13-9-10-14-21(20)23-22(25)18(4)24(5)15-19-12-8-7-11-17(19)3/h7-14,16,18H,6,15H2,1-5H3,(H,23,25)/p+1/t16-,18-/m1/s1. The van der Waals surface area contributed by atoms with Gasteiger partial charge in [0.2, 0.25) is 0 Å². The number of amides is 1. The molecule has 25 heavy (non-hydrogen) atoms. The summed E-state index contributed by atoms with van der Waals surface area (Å²) >= 11 is 0. The van der Waals surface area contributed by atoms with E-state index >= 15 is 0 Å². The van der Waals surface area contributed by atoms with Crippen LogP contribution < -0.4 is 10.2 Å². The third kappa shape index (κ3) is 4.93. The Morgan fingerprint density at radius 1 is 1.08 bits per heavy atom. The molecule has 1 amide bonds. The number of quaternary nitrogens is 1. The van der Waals surface area contributed by atoms with Gasteiger partial charge in [0.1, 0.15) is 6.54 Å². The lowest BCUT2D eigenvalue weighted by Gasteiger charge is -2.23. The maximum absolute atomic E-state index is 12.8. The van der Waals surface area contributed by atoms with Crippen LogP contribution in [-0.4, -0.2) is 19.0 Å². The molecular formula is C22H31N2O+. The Morgan fingerprint density at radius 2 is 1.72 bits per heavy atom. The molecule has 0 aliphatic carbocycles. The second kappa shape index (κ2) is 8.82. The van der Waals surface area contributed by atoms with Crippen molar-refractivity contribution in [2.75, 3.05) is 12.4 Å². The molecule has 0 aliphatic rings. The summed E-state index contributed by atoms with van der Waals surface area (Å²) in [7, 11) is 2.08. The highest BCUT2D eigenvalue weighted by molar-refractivity contribution is 5.94. The van der Waals surface area contributed by atoms with Gasteiger partial charge >= 0.3 is 0 Å². The van der Waals surface area contributed by atoms with Crippen molar-refractivity contribution in [3.8, 4) is 0 Å². The van der Waals surface area contributed by atoms with Crippen molar-refractivity contribution in [2.45, 2.75) is 52.6 Å². The molecule has 3 nitrogen and oxygen atoms in total. The van der Waals surface area contributed by atoms with E-state index in [-0.39, 0.29) is 11.9 Å². The lowest BCUT2D eigenvalue weighted by Crippen LogP contribution is -3.12. The largest absolute Gasteiger partial charge is 0.324 e. The molecule has 0 bridgehead atoms. The van der Waals surface area contributed by atoms with Crippen LogP contribution in [0.2, 0.25) is 0 Å². The molecule has 2 rings (SSSR count). The first-order valence-electron chi connectivity index (χ1n) is 9.20. The zero-order chi connectivity index (χ0) is 18.4. The average Bonchev–Trinajstić information content (AvgIpc) is 2.62. The predicted octanol–water partition coefficient (Wildman–Crippen LogP) is 3.55. The van der Waals surface area contributed by atoms with Crippen molar-refractivity contribution in [1.29, 1.82) is 0 Å². The van der Waals surface area contributed by atoms with Crippen LogP contribution in [-0.2, 0) is 11.3 Å². The summed E-state index contributed by atoms with van der Waals surface area (Å²) < 4.78 is 0. The van der Waals surface area contributed by atoms with Crippen LogP contribution in [0.5, 0.6) is 0 Å². The van der Waals surface area contributed by atoms with E-state index in [2.05, 4.69) is 63.5 Å². The van der Waals surface area contributed by atoms with E-state index in [4.69, 9.17) is 0 Å². The van der Waals surface area contributed by atoms with Gasteiger partial charge in [0.05, 0.1) is 7.05 Å². The number of hydrogen-bond donors (Lipinski definition) is 2. The highest BCUT2D eigenvalue weighted by atomic mass is 16.2. The average molecular weight is 340 g/mol. The van der Waals surface area contributed by atoms with Gasteiger partial charge in [-0.3, -0.25) is 4.79 Å². The van der Waals surface area contributed by atoms with E-state index in [1.54, 1.807) is 0 Å². The van der Waals surface area contributed by atoms with Crippen molar-refractivity contribution in [3.63, 3.8) is 0 Å². The third-order valence-electron chi connectivity index (χ3n) is 5.22. The number of hydrogen-bond acceptors (Lipinski definition) is 1. The van der Waals surface area contributed by atoms with Gasteiger partial charge in [0.25, 0.3) is 5.91 Å². The van der Waals surface area contributed by atoms with Crippen LogP contribution in [0.15, 0.2) is 48.5 Å². The molecule has 0 radical (unpaired) electrons. The zero-order valence-electron chi connectivity index (χ0n) is 16.1. The maximum atomic E-state index is 12.8. The van der Waals surface area contributed by atoms with E-state index in [9.17, 15) is 4.79 Å². The molecule has 0 saturated heterocycles. The first-order chi connectivity index (χ1) is 11.9. The minimum Gasteiger partial charge on any atom is -0.324 e. The second-order valence-corrected chi connectivity index (χ2v) is 7.06. The van der Waals surface area contributed by atoms with Crippen LogP contribution in [0.3, 0.4) is 0 Å². The summed E-state index contributed by atoms with van der Waals surface area (Å²) in [5, 5.41) is 3.15. The van der Waals surface area contributed by atoms with Gasteiger partial charge in [-0.1, -0.05) is 56.3 Å². The van der Waals surface area contributed by atoms with Crippen molar-refractivity contribution >= 4 is 11.6 Å². The molecule has 0 heterocycles. The lowest BCUT2D eigenvalue weighted by atomic mass is 9.97. The van der Waals surface area contributed by atoms with E-state index in [0.29, 0.717) is 5.92 Å². The number of rotatable bonds is 7. The molecule has 0 aliphatic heterocycles. The quantitative estimate of drug-likeness (QED) is 0.795. The van der Waals surface area contributed by atoms with Gasteiger partial charge < -0.3 is 10.2 Å². The first-order valence-corrected chi connectivity index (χ1v) is 9.20. The molecule has 3 atom stereocenters. The van der Waals surface area contributed by atoms with Crippen molar-refractivity contribution < 1.29 is 9.69 Å². The fraction of sp³-hybridized carbons (Fsp3) is 0.409. The molecular weight excluding hydrogens is 308 g/mol. The van der Waals surface area contributed by atoms with E-state index in [1.165, 1.54) is 21.6 Å².